The lowest BCUT2D eigenvalue weighted by Crippen LogP contribution is -2.21. The van der Waals surface area contributed by atoms with Crippen molar-refractivity contribution in [2.45, 2.75) is 25.8 Å². The molecule has 0 N–H and O–H groups in total. The minimum absolute atomic E-state index is 0.0707. The second kappa shape index (κ2) is 5.76. The van der Waals surface area contributed by atoms with Crippen molar-refractivity contribution in [2.75, 3.05) is 7.11 Å². The van der Waals surface area contributed by atoms with Crippen LogP contribution in [0.3, 0.4) is 0 Å². The van der Waals surface area contributed by atoms with Gasteiger partial charge in [0.05, 0.1) is 29.8 Å². The lowest BCUT2D eigenvalue weighted by Gasteiger charge is -2.08. The van der Waals surface area contributed by atoms with Crippen LogP contribution in [0.25, 0.3) is 10.2 Å². The molecular weight excluding hydrogens is 376 g/mol. The number of benzene rings is 1. The van der Waals surface area contributed by atoms with E-state index in [1.165, 1.54) is 10.4 Å². The normalized spacial score (nSPS) is 13.5. The Morgan fingerprint density at radius 3 is 3.04 bits per heavy atom. The third kappa shape index (κ3) is 2.50. The molecule has 23 heavy (non-hydrogen) atoms. The van der Waals surface area contributed by atoms with Crippen LogP contribution in [0.4, 0.5) is 0 Å². The average molecular weight is 391 g/mol. The highest BCUT2D eigenvalue weighted by molar-refractivity contribution is 9.10. The largest absolute Gasteiger partial charge is 0.496 e. The van der Waals surface area contributed by atoms with Gasteiger partial charge in [0.2, 0.25) is 0 Å². The number of thiophene rings is 1. The first-order chi connectivity index (χ1) is 11.2. The lowest BCUT2D eigenvalue weighted by atomic mass is 10.2. The van der Waals surface area contributed by atoms with Crippen molar-refractivity contribution in [3.05, 3.63) is 55.4 Å². The van der Waals surface area contributed by atoms with E-state index in [0.29, 0.717) is 6.54 Å². The van der Waals surface area contributed by atoms with E-state index in [0.717, 1.165) is 45.3 Å². The number of nitrogens with zero attached hydrogens (tertiary/aromatic N) is 2. The van der Waals surface area contributed by atoms with Crippen molar-refractivity contribution < 1.29 is 4.74 Å². The first kappa shape index (κ1) is 14.9. The quantitative estimate of drug-likeness (QED) is 0.683. The van der Waals surface area contributed by atoms with Crippen molar-refractivity contribution in [1.29, 1.82) is 0 Å². The van der Waals surface area contributed by atoms with Gasteiger partial charge in [0.25, 0.3) is 5.56 Å². The van der Waals surface area contributed by atoms with Crippen LogP contribution in [0, 0.1) is 0 Å². The van der Waals surface area contributed by atoms with E-state index < -0.39 is 0 Å². The molecule has 4 rings (SSSR count). The summed E-state index contributed by atoms with van der Waals surface area (Å²) in [6.45, 7) is 0.509. The van der Waals surface area contributed by atoms with Crippen LogP contribution in [0.1, 0.15) is 22.4 Å². The van der Waals surface area contributed by atoms with Crippen molar-refractivity contribution >= 4 is 37.5 Å². The molecule has 0 unspecified atom stereocenters. The fraction of sp³-hybridized carbons (Fsp3) is 0.294. The number of hydrogen-bond acceptors (Lipinski definition) is 4. The fourth-order valence-electron chi connectivity index (χ4n) is 3.14. The van der Waals surface area contributed by atoms with Crippen LogP contribution in [0.5, 0.6) is 5.75 Å². The van der Waals surface area contributed by atoms with Gasteiger partial charge in [-0.25, -0.2) is 4.98 Å². The summed E-state index contributed by atoms with van der Waals surface area (Å²) in [5, 5.41) is 0.831. The molecule has 0 aliphatic heterocycles. The van der Waals surface area contributed by atoms with Crippen molar-refractivity contribution in [2.24, 2.45) is 0 Å². The van der Waals surface area contributed by atoms with Crippen LogP contribution in [0.2, 0.25) is 0 Å². The Hall–Kier alpha value is -1.66. The van der Waals surface area contributed by atoms with E-state index >= 15 is 0 Å². The summed E-state index contributed by atoms with van der Waals surface area (Å²) in [5.41, 5.74) is 2.34. The van der Waals surface area contributed by atoms with Gasteiger partial charge in [-0.05, 0) is 58.5 Å². The number of ether oxygens (including phenoxy) is 1. The van der Waals surface area contributed by atoms with Gasteiger partial charge < -0.3 is 4.74 Å². The minimum Gasteiger partial charge on any atom is -0.496 e. The molecule has 0 spiro atoms. The Bertz CT molecular complexity index is 961. The van der Waals surface area contributed by atoms with E-state index in [1.807, 2.05) is 18.2 Å². The third-order valence-corrected chi connectivity index (χ3v) is 6.08. The minimum atomic E-state index is 0.0707. The summed E-state index contributed by atoms with van der Waals surface area (Å²) < 4.78 is 7.83. The van der Waals surface area contributed by atoms with Crippen molar-refractivity contribution in [3.63, 3.8) is 0 Å². The van der Waals surface area contributed by atoms with E-state index in [4.69, 9.17) is 4.74 Å². The van der Waals surface area contributed by atoms with Gasteiger partial charge in [-0.3, -0.25) is 9.36 Å². The first-order valence-corrected chi connectivity index (χ1v) is 9.10. The fourth-order valence-corrected chi connectivity index (χ4v) is 4.94. The summed E-state index contributed by atoms with van der Waals surface area (Å²) >= 11 is 5.16. The number of aryl methyl sites for hydroxylation is 2. The monoisotopic (exact) mass is 390 g/mol. The van der Waals surface area contributed by atoms with Crippen LogP contribution >= 0.6 is 27.3 Å². The summed E-state index contributed by atoms with van der Waals surface area (Å²) in [6.07, 6.45) is 4.90. The maximum Gasteiger partial charge on any atom is 0.262 e. The number of methoxy groups -OCH3 is 1. The number of rotatable bonds is 3. The standard InChI is InChI=1S/C17H15BrN2O2S/c1-22-13-6-5-10(7-12(13)18)8-20-9-19-16-15(17(20)21)11-3-2-4-14(11)23-16/h5-7,9H,2-4,8H2,1H3. The number of hydrogen-bond donors (Lipinski definition) is 0. The van der Waals surface area contributed by atoms with Gasteiger partial charge in [-0.2, -0.15) is 0 Å². The van der Waals surface area contributed by atoms with Crippen LogP contribution in [0.15, 0.2) is 33.8 Å². The van der Waals surface area contributed by atoms with E-state index in [2.05, 4.69) is 20.9 Å². The van der Waals surface area contributed by atoms with Crippen molar-refractivity contribution in [1.82, 2.24) is 9.55 Å². The molecule has 3 aromatic rings. The van der Waals surface area contributed by atoms with Gasteiger partial charge in [0.1, 0.15) is 10.6 Å². The van der Waals surface area contributed by atoms with Gasteiger partial charge >= 0.3 is 0 Å². The molecule has 0 saturated carbocycles. The van der Waals surface area contributed by atoms with Gasteiger partial charge in [0.15, 0.2) is 0 Å². The summed E-state index contributed by atoms with van der Waals surface area (Å²) in [7, 11) is 1.64. The van der Waals surface area contributed by atoms with Gasteiger partial charge in [-0.15, -0.1) is 11.3 Å². The summed E-state index contributed by atoms with van der Waals surface area (Å²) in [5.74, 6) is 0.783. The van der Waals surface area contributed by atoms with E-state index in [-0.39, 0.29) is 5.56 Å². The zero-order valence-electron chi connectivity index (χ0n) is 12.6. The van der Waals surface area contributed by atoms with E-state index in [9.17, 15) is 4.79 Å². The predicted molar refractivity (Wildman–Crippen MR) is 95.7 cm³/mol. The molecule has 6 heteroatoms. The molecule has 2 heterocycles. The second-order valence-corrected chi connectivity index (χ2v) is 7.62. The summed E-state index contributed by atoms with van der Waals surface area (Å²) in [4.78, 5) is 19.6. The van der Waals surface area contributed by atoms with Gasteiger partial charge in [-0.1, -0.05) is 6.07 Å². The maximum absolute atomic E-state index is 12.9. The molecule has 118 valence electrons. The summed E-state index contributed by atoms with van der Waals surface area (Å²) in [6, 6.07) is 5.85. The van der Waals surface area contributed by atoms with Crippen LogP contribution in [-0.2, 0) is 19.4 Å². The molecule has 0 atom stereocenters. The zero-order chi connectivity index (χ0) is 16.0. The molecule has 4 nitrogen and oxygen atoms in total. The Morgan fingerprint density at radius 2 is 2.26 bits per heavy atom. The Morgan fingerprint density at radius 1 is 1.39 bits per heavy atom. The van der Waals surface area contributed by atoms with Crippen LogP contribution in [-0.4, -0.2) is 16.7 Å². The molecule has 1 aromatic carbocycles. The Labute approximate surface area is 145 Å². The SMILES string of the molecule is COc1ccc(Cn2cnc3sc4c(c3c2=O)CCC4)cc1Br. The lowest BCUT2D eigenvalue weighted by molar-refractivity contribution is 0.412. The Kier molecular flexibility index (Phi) is 3.73. The molecular formula is C17H15BrN2O2S. The highest BCUT2D eigenvalue weighted by atomic mass is 79.9. The molecule has 1 aliphatic carbocycles. The number of aromatic nitrogens is 2. The predicted octanol–water partition coefficient (Wildman–Crippen LogP) is 3.77. The Balaban J connectivity index is 1.76. The van der Waals surface area contributed by atoms with Crippen molar-refractivity contribution in [3.8, 4) is 5.75 Å². The average Bonchev–Trinajstić information content (AvgIpc) is 3.11. The molecule has 1 aliphatic rings. The number of fused-ring (bicyclic) bond motifs is 3. The molecule has 0 fully saturated rings. The molecule has 0 saturated heterocycles. The maximum atomic E-state index is 12.9. The zero-order valence-corrected chi connectivity index (χ0v) is 15.0. The first-order valence-electron chi connectivity index (χ1n) is 7.49. The molecule has 2 aromatic heterocycles. The van der Waals surface area contributed by atoms with Crippen LogP contribution < -0.4 is 10.3 Å². The number of halogens is 1. The smallest absolute Gasteiger partial charge is 0.262 e. The second-order valence-electron chi connectivity index (χ2n) is 5.68. The highest BCUT2D eigenvalue weighted by Gasteiger charge is 2.21. The molecule has 0 amide bonds. The third-order valence-electron chi connectivity index (χ3n) is 4.26. The van der Waals surface area contributed by atoms with E-state index in [1.54, 1.807) is 29.3 Å². The van der Waals surface area contributed by atoms with Gasteiger partial charge in [0, 0.05) is 4.88 Å². The highest BCUT2D eigenvalue weighted by Crippen LogP contribution is 2.34. The molecule has 0 radical (unpaired) electrons. The topological polar surface area (TPSA) is 44.1 Å². The molecule has 0 bridgehead atoms.